The van der Waals surface area contributed by atoms with E-state index < -0.39 is 11.6 Å². The average molecular weight is 435 g/mol. The summed E-state index contributed by atoms with van der Waals surface area (Å²) < 4.78 is 31.1. The number of ether oxygens (including phenoxy) is 5. The highest BCUT2D eigenvalue weighted by atomic mass is 16.7. The van der Waals surface area contributed by atoms with Crippen molar-refractivity contribution in [2.75, 3.05) is 26.4 Å². The molecule has 174 valence electrons. The standard InChI is InChI=1S/C25H38O6/c1-21-13-17(26)20-15(16(21)4-5-18(21)23(3)27-8-9-28-23)12-19-25(31-19)14-24(29-10-11-30-24)7-6-22(20,25)2/h15-20,26H,4-14H2,1-3H3. The number of aliphatic hydroxyl groups is 1. The maximum atomic E-state index is 11.8. The molecule has 0 amide bonds. The SMILES string of the molecule is CC1(C2CCC3C4CC5OC56CC5(CCC6(C)C4C(O)CC32C)OCCO5)OCCO1. The quantitative estimate of drug-likeness (QED) is 0.639. The minimum Gasteiger partial charge on any atom is -0.393 e. The van der Waals surface area contributed by atoms with Crippen LogP contribution in [0.3, 0.4) is 0 Å². The van der Waals surface area contributed by atoms with Crippen LogP contribution in [0.1, 0.15) is 65.7 Å². The number of aliphatic hydroxyl groups excluding tert-OH is 1. The minimum absolute atomic E-state index is 0.00969. The molecule has 9 unspecified atom stereocenters. The molecule has 0 radical (unpaired) electrons. The molecule has 0 aromatic heterocycles. The molecule has 31 heavy (non-hydrogen) atoms. The zero-order valence-corrected chi connectivity index (χ0v) is 19.2. The van der Waals surface area contributed by atoms with Crippen LogP contribution in [-0.4, -0.2) is 60.9 Å². The van der Waals surface area contributed by atoms with Gasteiger partial charge in [-0.25, -0.2) is 0 Å². The Morgan fingerprint density at radius 3 is 2.32 bits per heavy atom. The molecule has 7 rings (SSSR count). The molecule has 0 aromatic carbocycles. The van der Waals surface area contributed by atoms with Gasteiger partial charge in [-0.1, -0.05) is 13.8 Å². The van der Waals surface area contributed by atoms with Crippen LogP contribution < -0.4 is 0 Å². The molecule has 6 nitrogen and oxygen atoms in total. The Hall–Kier alpha value is -0.240. The van der Waals surface area contributed by atoms with Crippen molar-refractivity contribution in [1.82, 2.24) is 0 Å². The van der Waals surface area contributed by atoms with Gasteiger partial charge >= 0.3 is 0 Å². The van der Waals surface area contributed by atoms with Crippen LogP contribution in [0, 0.1) is 34.5 Å². The largest absolute Gasteiger partial charge is 0.393 e. The van der Waals surface area contributed by atoms with E-state index in [1.165, 1.54) is 6.42 Å². The molecule has 0 bridgehead atoms. The van der Waals surface area contributed by atoms with E-state index in [0.717, 1.165) is 38.5 Å². The highest BCUT2D eigenvalue weighted by molar-refractivity contribution is 5.26. The summed E-state index contributed by atoms with van der Waals surface area (Å²) in [6, 6.07) is 0. The Labute approximate surface area is 185 Å². The molecule has 0 aromatic rings. The lowest BCUT2D eigenvalue weighted by molar-refractivity contribution is -0.249. The van der Waals surface area contributed by atoms with Crippen molar-refractivity contribution in [3.8, 4) is 0 Å². The van der Waals surface area contributed by atoms with E-state index in [2.05, 4.69) is 20.8 Å². The van der Waals surface area contributed by atoms with Crippen LogP contribution in [0.25, 0.3) is 0 Å². The normalized spacial score (nSPS) is 58.5. The Balaban J connectivity index is 1.22. The van der Waals surface area contributed by atoms with Crippen LogP contribution in [0.4, 0.5) is 0 Å². The number of epoxide rings is 1. The van der Waals surface area contributed by atoms with Crippen LogP contribution >= 0.6 is 0 Å². The number of fused-ring (bicyclic) bond motifs is 4. The van der Waals surface area contributed by atoms with Gasteiger partial charge in [0.15, 0.2) is 11.6 Å². The molecule has 4 saturated carbocycles. The van der Waals surface area contributed by atoms with Gasteiger partial charge in [-0.05, 0) is 62.2 Å². The highest BCUT2D eigenvalue weighted by Crippen LogP contribution is 2.75. The molecule has 7 fully saturated rings. The molecule has 2 spiro atoms. The summed E-state index contributed by atoms with van der Waals surface area (Å²) >= 11 is 0. The van der Waals surface area contributed by atoms with Gasteiger partial charge in [0.2, 0.25) is 0 Å². The summed E-state index contributed by atoms with van der Waals surface area (Å²) in [5, 5.41) is 11.8. The monoisotopic (exact) mass is 434 g/mol. The maximum absolute atomic E-state index is 11.8. The minimum atomic E-state index is -0.497. The maximum Gasteiger partial charge on any atom is 0.171 e. The van der Waals surface area contributed by atoms with E-state index in [1.807, 2.05) is 0 Å². The lowest BCUT2D eigenvalue weighted by atomic mass is 9.43. The zero-order chi connectivity index (χ0) is 21.3. The Morgan fingerprint density at radius 1 is 0.871 bits per heavy atom. The third-order valence-electron chi connectivity index (χ3n) is 11.3. The van der Waals surface area contributed by atoms with E-state index in [9.17, 15) is 5.11 Å². The van der Waals surface area contributed by atoms with Crippen molar-refractivity contribution in [3.63, 3.8) is 0 Å². The van der Waals surface area contributed by atoms with Gasteiger partial charge in [-0.2, -0.15) is 0 Å². The topological polar surface area (TPSA) is 69.7 Å². The summed E-state index contributed by atoms with van der Waals surface area (Å²) in [6.45, 7) is 9.72. The number of hydrogen-bond acceptors (Lipinski definition) is 6. The first-order valence-electron chi connectivity index (χ1n) is 12.7. The van der Waals surface area contributed by atoms with Gasteiger partial charge in [-0.15, -0.1) is 0 Å². The van der Waals surface area contributed by atoms with Crippen LogP contribution in [-0.2, 0) is 23.7 Å². The molecule has 3 saturated heterocycles. The first kappa shape index (κ1) is 20.2. The Morgan fingerprint density at radius 2 is 1.58 bits per heavy atom. The van der Waals surface area contributed by atoms with Crippen molar-refractivity contribution in [3.05, 3.63) is 0 Å². The van der Waals surface area contributed by atoms with E-state index >= 15 is 0 Å². The predicted molar refractivity (Wildman–Crippen MR) is 111 cm³/mol. The molecule has 4 aliphatic carbocycles. The van der Waals surface area contributed by atoms with Gasteiger partial charge in [-0.3, -0.25) is 0 Å². The van der Waals surface area contributed by atoms with Crippen molar-refractivity contribution < 1.29 is 28.8 Å². The Bertz CT molecular complexity index is 774. The smallest absolute Gasteiger partial charge is 0.171 e. The van der Waals surface area contributed by atoms with Gasteiger partial charge in [0.05, 0.1) is 38.6 Å². The lowest BCUT2D eigenvalue weighted by Crippen LogP contribution is -2.65. The molecule has 9 atom stereocenters. The van der Waals surface area contributed by atoms with Crippen molar-refractivity contribution >= 4 is 0 Å². The fourth-order valence-electron chi connectivity index (χ4n) is 10.1. The molecule has 3 heterocycles. The summed E-state index contributed by atoms with van der Waals surface area (Å²) in [6.07, 6.45) is 7.01. The van der Waals surface area contributed by atoms with Crippen molar-refractivity contribution in [1.29, 1.82) is 0 Å². The Kier molecular flexibility index (Phi) is 3.94. The summed E-state index contributed by atoms with van der Waals surface area (Å²) in [7, 11) is 0. The number of rotatable bonds is 1. The zero-order valence-electron chi connectivity index (χ0n) is 19.2. The van der Waals surface area contributed by atoms with Gasteiger partial charge in [0.1, 0.15) is 5.60 Å². The van der Waals surface area contributed by atoms with E-state index in [0.29, 0.717) is 50.1 Å². The summed E-state index contributed by atoms with van der Waals surface area (Å²) in [5.74, 6) is 0.804. The predicted octanol–water partition coefficient (Wildman–Crippen LogP) is 3.25. The third kappa shape index (κ3) is 2.35. The summed E-state index contributed by atoms with van der Waals surface area (Å²) in [4.78, 5) is 0. The van der Waals surface area contributed by atoms with E-state index in [-0.39, 0.29) is 28.6 Å². The van der Waals surface area contributed by atoms with Crippen molar-refractivity contribution in [2.45, 2.75) is 95.1 Å². The van der Waals surface area contributed by atoms with Gasteiger partial charge in [0, 0.05) is 24.2 Å². The first-order chi connectivity index (χ1) is 14.8. The molecule has 1 N–H and O–H groups in total. The third-order valence-corrected chi connectivity index (χ3v) is 11.3. The highest BCUT2D eigenvalue weighted by Gasteiger charge is 2.80. The van der Waals surface area contributed by atoms with E-state index in [4.69, 9.17) is 23.7 Å². The lowest BCUT2D eigenvalue weighted by Gasteiger charge is -2.62. The first-order valence-corrected chi connectivity index (χ1v) is 12.7. The van der Waals surface area contributed by atoms with Gasteiger partial charge in [0.25, 0.3) is 0 Å². The second kappa shape index (κ2) is 6.05. The fourth-order valence-corrected chi connectivity index (χ4v) is 10.1. The summed E-state index contributed by atoms with van der Waals surface area (Å²) in [5.41, 5.74) is -0.129. The van der Waals surface area contributed by atoms with Crippen LogP contribution in [0.15, 0.2) is 0 Å². The van der Waals surface area contributed by atoms with Gasteiger partial charge < -0.3 is 28.8 Å². The molecular formula is C25H38O6. The van der Waals surface area contributed by atoms with Crippen LogP contribution in [0.5, 0.6) is 0 Å². The number of hydrogen-bond donors (Lipinski definition) is 1. The molecule has 6 heteroatoms. The molecular weight excluding hydrogens is 396 g/mol. The average Bonchev–Trinajstić information content (AvgIpc) is 3.08. The van der Waals surface area contributed by atoms with E-state index in [1.54, 1.807) is 0 Å². The fraction of sp³-hybridized carbons (Fsp3) is 1.00. The second-order valence-electron chi connectivity index (χ2n) is 12.3. The molecule has 3 aliphatic heterocycles. The second-order valence-corrected chi connectivity index (χ2v) is 12.3. The molecule has 7 aliphatic rings. The van der Waals surface area contributed by atoms with Crippen LogP contribution in [0.2, 0.25) is 0 Å². The van der Waals surface area contributed by atoms with Crippen molar-refractivity contribution in [2.24, 2.45) is 34.5 Å².